The van der Waals surface area contributed by atoms with Gasteiger partial charge in [0.1, 0.15) is 11.9 Å². The lowest BCUT2D eigenvalue weighted by Gasteiger charge is -2.03. The molecule has 74 valence electrons. The Hall–Kier alpha value is -1.93. The quantitative estimate of drug-likeness (QED) is 0.749. The molecule has 1 heterocycles. The fourth-order valence-corrected chi connectivity index (χ4v) is 1.77. The first-order chi connectivity index (χ1) is 7.22. The molecule has 2 N–H and O–H groups in total. The molecule has 2 rings (SSSR count). The molecule has 0 fully saturated rings. The van der Waals surface area contributed by atoms with Crippen LogP contribution in [0.5, 0.6) is 0 Å². The monoisotopic (exact) mass is 219 g/mol. The molecule has 0 unspecified atom stereocenters. The zero-order chi connectivity index (χ0) is 10.8. The molecule has 2 aromatic rings. The van der Waals surface area contributed by atoms with Crippen LogP contribution < -0.4 is 5.73 Å². The van der Waals surface area contributed by atoms with Gasteiger partial charge in [-0.15, -0.1) is 0 Å². The molecule has 0 amide bonds. The van der Waals surface area contributed by atoms with Gasteiger partial charge in [-0.2, -0.15) is 9.64 Å². The fourth-order valence-electron chi connectivity index (χ4n) is 1.25. The highest BCUT2D eigenvalue weighted by Gasteiger charge is 2.10. The molecular weight excluding hydrogens is 213 g/mol. The highest BCUT2D eigenvalue weighted by Crippen LogP contribution is 2.27. The molecule has 0 radical (unpaired) electrons. The van der Waals surface area contributed by atoms with Crippen LogP contribution in [0.3, 0.4) is 0 Å². The predicted octanol–water partition coefficient (Wildman–Crippen LogP) is 2.40. The summed E-state index contributed by atoms with van der Waals surface area (Å²) in [6, 6.07) is 6.05. The average molecular weight is 219 g/mol. The van der Waals surface area contributed by atoms with Gasteiger partial charge in [0.15, 0.2) is 0 Å². The van der Waals surface area contributed by atoms with Gasteiger partial charge in [0.25, 0.3) is 0 Å². The zero-order valence-corrected chi connectivity index (χ0v) is 8.38. The van der Waals surface area contributed by atoms with Crippen molar-refractivity contribution in [2.45, 2.75) is 0 Å². The van der Waals surface area contributed by atoms with Crippen LogP contribution in [0.15, 0.2) is 23.6 Å². The largest absolute Gasteiger partial charge is 0.398 e. The molecule has 3 nitrogen and oxygen atoms in total. The van der Waals surface area contributed by atoms with Crippen LogP contribution in [-0.4, -0.2) is 4.37 Å². The van der Waals surface area contributed by atoms with E-state index in [0.29, 0.717) is 16.9 Å². The second kappa shape index (κ2) is 3.67. The molecule has 0 bridgehead atoms. The van der Waals surface area contributed by atoms with Crippen molar-refractivity contribution in [3.63, 3.8) is 0 Å². The highest BCUT2D eigenvalue weighted by atomic mass is 32.1. The predicted molar refractivity (Wildman–Crippen MR) is 56.6 cm³/mol. The van der Waals surface area contributed by atoms with Crippen LogP contribution in [0.25, 0.3) is 11.3 Å². The summed E-state index contributed by atoms with van der Waals surface area (Å²) in [6.07, 6.45) is 0. The van der Waals surface area contributed by atoms with E-state index in [1.165, 1.54) is 23.7 Å². The second-order valence-corrected chi connectivity index (χ2v) is 3.58. The number of anilines is 1. The molecule has 5 heteroatoms. The molecular formula is C10H6FN3S. The number of hydrogen-bond acceptors (Lipinski definition) is 4. The van der Waals surface area contributed by atoms with Gasteiger partial charge in [0.05, 0.1) is 11.3 Å². The Labute approximate surface area is 89.8 Å². The van der Waals surface area contributed by atoms with Crippen molar-refractivity contribution in [3.05, 3.63) is 35.0 Å². The third-order valence-corrected chi connectivity index (χ3v) is 2.53. The summed E-state index contributed by atoms with van der Waals surface area (Å²) in [5.41, 5.74) is 7.16. The van der Waals surface area contributed by atoms with Crippen molar-refractivity contribution >= 4 is 17.2 Å². The molecule has 0 aliphatic rings. The van der Waals surface area contributed by atoms with Gasteiger partial charge in [-0.3, -0.25) is 0 Å². The smallest absolute Gasteiger partial charge is 0.141 e. The molecule has 15 heavy (non-hydrogen) atoms. The summed E-state index contributed by atoms with van der Waals surface area (Å²) in [5.74, 6) is -0.574. The lowest BCUT2D eigenvalue weighted by molar-refractivity contribution is 0.624. The number of nitrogens with two attached hydrogens (primary N) is 1. The molecule has 0 atom stereocenters. The topological polar surface area (TPSA) is 62.7 Å². The first kappa shape index (κ1) is 9.62. The van der Waals surface area contributed by atoms with E-state index in [2.05, 4.69) is 4.37 Å². The average Bonchev–Trinajstić information content (AvgIpc) is 2.74. The number of rotatable bonds is 1. The van der Waals surface area contributed by atoms with Crippen LogP contribution in [0.2, 0.25) is 0 Å². The standard InChI is InChI=1S/C10H6FN3S/c11-8-4-7(10-1-2-15-14-10)9(13)3-6(8)5-12/h1-4H,13H2. The van der Waals surface area contributed by atoms with Crippen LogP contribution >= 0.6 is 11.5 Å². The Morgan fingerprint density at radius 2 is 2.27 bits per heavy atom. The van der Waals surface area contributed by atoms with Crippen molar-refractivity contribution < 1.29 is 4.39 Å². The number of benzene rings is 1. The van der Waals surface area contributed by atoms with Gasteiger partial charge >= 0.3 is 0 Å². The van der Waals surface area contributed by atoms with E-state index in [4.69, 9.17) is 11.0 Å². The van der Waals surface area contributed by atoms with Crippen LogP contribution in [0, 0.1) is 17.1 Å². The number of nitriles is 1. The Morgan fingerprint density at radius 3 is 2.87 bits per heavy atom. The molecule has 0 aliphatic carbocycles. The van der Waals surface area contributed by atoms with E-state index in [-0.39, 0.29) is 5.56 Å². The van der Waals surface area contributed by atoms with E-state index in [9.17, 15) is 4.39 Å². The fraction of sp³-hybridized carbons (Fsp3) is 0. The lowest BCUT2D eigenvalue weighted by atomic mass is 10.1. The SMILES string of the molecule is N#Cc1cc(N)c(-c2ccsn2)cc1F. The Bertz CT molecular complexity index is 528. The maximum absolute atomic E-state index is 13.3. The first-order valence-electron chi connectivity index (χ1n) is 4.12. The third kappa shape index (κ3) is 1.67. The van der Waals surface area contributed by atoms with E-state index in [1.54, 1.807) is 17.5 Å². The highest BCUT2D eigenvalue weighted by molar-refractivity contribution is 7.03. The summed E-state index contributed by atoms with van der Waals surface area (Å²) in [6.45, 7) is 0. The van der Waals surface area contributed by atoms with Crippen LogP contribution in [0.1, 0.15) is 5.56 Å². The number of halogens is 1. The van der Waals surface area contributed by atoms with Gasteiger partial charge in [0.2, 0.25) is 0 Å². The van der Waals surface area contributed by atoms with Gasteiger partial charge in [-0.1, -0.05) is 0 Å². The van der Waals surface area contributed by atoms with Gasteiger partial charge in [-0.25, -0.2) is 4.39 Å². The van der Waals surface area contributed by atoms with E-state index in [0.717, 1.165) is 0 Å². The summed E-state index contributed by atoms with van der Waals surface area (Å²) in [5, 5.41) is 10.4. The maximum atomic E-state index is 13.3. The Balaban J connectivity index is 2.61. The summed E-state index contributed by atoms with van der Waals surface area (Å²) < 4.78 is 17.4. The van der Waals surface area contributed by atoms with Crippen molar-refractivity contribution in [1.29, 1.82) is 5.26 Å². The maximum Gasteiger partial charge on any atom is 0.141 e. The molecule has 0 spiro atoms. The molecule has 0 aliphatic heterocycles. The van der Waals surface area contributed by atoms with E-state index >= 15 is 0 Å². The first-order valence-corrected chi connectivity index (χ1v) is 4.96. The second-order valence-electron chi connectivity index (χ2n) is 2.92. The van der Waals surface area contributed by atoms with Crippen LogP contribution in [0.4, 0.5) is 10.1 Å². The summed E-state index contributed by atoms with van der Waals surface area (Å²) in [4.78, 5) is 0. The number of nitrogens with zero attached hydrogens (tertiary/aromatic N) is 2. The van der Waals surface area contributed by atoms with E-state index < -0.39 is 5.82 Å². The minimum atomic E-state index is -0.574. The Kier molecular flexibility index (Phi) is 2.35. The Morgan fingerprint density at radius 1 is 1.47 bits per heavy atom. The zero-order valence-electron chi connectivity index (χ0n) is 7.57. The number of aromatic nitrogens is 1. The van der Waals surface area contributed by atoms with Crippen LogP contribution in [-0.2, 0) is 0 Å². The van der Waals surface area contributed by atoms with Gasteiger partial charge in [0, 0.05) is 16.6 Å². The van der Waals surface area contributed by atoms with Crippen molar-refractivity contribution in [3.8, 4) is 17.3 Å². The van der Waals surface area contributed by atoms with E-state index in [1.807, 2.05) is 0 Å². The normalized spacial score (nSPS) is 9.87. The van der Waals surface area contributed by atoms with Crippen molar-refractivity contribution in [1.82, 2.24) is 4.37 Å². The molecule has 1 aromatic heterocycles. The van der Waals surface area contributed by atoms with Gasteiger partial charge < -0.3 is 5.73 Å². The summed E-state index contributed by atoms with van der Waals surface area (Å²) in [7, 11) is 0. The third-order valence-electron chi connectivity index (χ3n) is 1.97. The lowest BCUT2D eigenvalue weighted by Crippen LogP contribution is -1.94. The molecule has 0 saturated carbocycles. The summed E-state index contributed by atoms with van der Waals surface area (Å²) >= 11 is 1.27. The molecule has 1 aromatic carbocycles. The minimum Gasteiger partial charge on any atom is -0.398 e. The van der Waals surface area contributed by atoms with Crippen molar-refractivity contribution in [2.75, 3.05) is 5.73 Å². The van der Waals surface area contributed by atoms with Gasteiger partial charge in [-0.05, 0) is 29.7 Å². The van der Waals surface area contributed by atoms with Crippen molar-refractivity contribution in [2.24, 2.45) is 0 Å². The number of nitrogen functional groups attached to an aromatic ring is 1. The number of hydrogen-bond donors (Lipinski definition) is 1. The minimum absolute atomic E-state index is 0.0496. The molecule has 0 saturated heterocycles.